The summed E-state index contributed by atoms with van der Waals surface area (Å²) in [5, 5.41) is 1.93. The molecule has 0 unspecified atom stereocenters. The van der Waals surface area contributed by atoms with E-state index in [-0.39, 0.29) is 31.5 Å². The van der Waals surface area contributed by atoms with Crippen LogP contribution in [0.1, 0.15) is 31.9 Å². The number of hydrogen-bond donors (Lipinski definition) is 1. The van der Waals surface area contributed by atoms with Crippen LogP contribution in [0.25, 0.3) is 0 Å². The SMILES string of the molecule is CCOC(=O)NC(=O)COC(=O)[C@@H]1CC(=O)N([C@@H](C)c2ccccc2)C1. The molecule has 3 amide bonds. The van der Waals surface area contributed by atoms with E-state index in [9.17, 15) is 19.2 Å². The summed E-state index contributed by atoms with van der Waals surface area (Å²) < 4.78 is 9.46. The lowest BCUT2D eigenvalue weighted by atomic mass is 10.1. The van der Waals surface area contributed by atoms with Gasteiger partial charge in [-0.1, -0.05) is 30.3 Å². The maximum Gasteiger partial charge on any atom is 0.413 e. The highest BCUT2D eigenvalue weighted by Crippen LogP contribution is 2.28. The van der Waals surface area contributed by atoms with Crippen molar-refractivity contribution in [1.29, 1.82) is 0 Å². The molecule has 8 heteroatoms. The monoisotopic (exact) mass is 362 g/mol. The lowest BCUT2D eigenvalue weighted by Gasteiger charge is -2.25. The molecule has 1 aliphatic heterocycles. The van der Waals surface area contributed by atoms with Crippen molar-refractivity contribution in [2.45, 2.75) is 26.3 Å². The molecule has 1 aromatic rings. The molecule has 1 heterocycles. The standard InChI is InChI=1S/C18H22N2O6/c1-3-25-18(24)19-15(21)11-26-17(23)14-9-16(22)20(10-14)12(2)13-7-5-4-6-8-13/h4-8,12,14H,3,9-11H2,1-2H3,(H,19,21,24)/t12-,14+/m0/s1. The molecule has 1 fully saturated rings. The van der Waals surface area contributed by atoms with Gasteiger partial charge in [-0.05, 0) is 19.4 Å². The third-order valence-electron chi connectivity index (χ3n) is 4.10. The fourth-order valence-electron chi connectivity index (χ4n) is 2.75. The number of imide groups is 1. The van der Waals surface area contributed by atoms with E-state index in [1.807, 2.05) is 42.6 Å². The molecule has 0 aliphatic carbocycles. The Hall–Kier alpha value is -2.90. The van der Waals surface area contributed by atoms with Crippen molar-refractivity contribution in [1.82, 2.24) is 10.2 Å². The summed E-state index contributed by atoms with van der Waals surface area (Å²) in [6.45, 7) is 3.25. The van der Waals surface area contributed by atoms with Gasteiger partial charge in [0.1, 0.15) is 0 Å². The van der Waals surface area contributed by atoms with Gasteiger partial charge in [0.15, 0.2) is 6.61 Å². The van der Waals surface area contributed by atoms with Crippen LogP contribution in [0.4, 0.5) is 4.79 Å². The number of esters is 1. The summed E-state index contributed by atoms with van der Waals surface area (Å²) in [6, 6.07) is 9.35. The Labute approximate surface area is 151 Å². The average Bonchev–Trinajstić information content (AvgIpc) is 3.01. The highest BCUT2D eigenvalue weighted by atomic mass is 16.6. The summed E-state index contributed by atoms with van der Waals surface area (Å²) in [4.78, 5) is 48.6. The Balaban J connectivity index is 1.85. The minimum atomic E-state index is -0.896. The van der Waals surface area contributed by atoms with Gasteiger partial charge in [-0.15, -0.1) is 0 Å². The van der Waals surface area contributed by atoms with Crippen LogP contribution in [-0.2, 0) is 23.9 Å². The Morgan fingerprint density at radius 3 is 2.58 bits per heavy atom. The second-order valence-electron chi connectivity index (χ2n) is 5.91. The lowest BCUT2D eigenvalue weighted by molar-refractivity contribution is -0.152. The van der Waals surface area contributed by atoms with E-state index in [2.05, 4.69) is 4.74 Å². The third kappa shape index (κ3) is 5.05. The van der Waals surface area contributed by atoms with Crippen LogP contribution in [0.5, 0.6) is 0 Å². The van der Waals surface area contributed by atoms with Crippen LogP contribution < -0.4 is 5.32 Å². The van der Waals surface area contributed by atoms with E-state index in [1.54, 1.807) is 11.8 Å². The first kappa shape index (κ1) is 19.4. The zero-order valence-electron chi connectivity index (χ0n) is 14.8. The van der Waals surface area contributed by atoms with Gasteiger partial charge >= 0.3 is 12.1 Å². The number of nitrogens with one attached hydrogen (secondary N) is 1. The Bertz CT molecular complexity index is 676. The summed E-state index contributed by atoms with van der Waals surface area (Å²) in [7, 11) is 0. The zero-order chi connectivity index (χ0) is 19.1. The molecule has 0 spiro atoms. The first-order valence-electron chi connectivity index (χ1n) is 8.40. The molecule has 1 aromatic carbocycles. The summed E-state index contributed by atoms with van der Waals surface area (Å²) >= 11 is 0. The van der Waals surface area contributed by atoms with Crippen LogP contribution in [0, 0.1) is 5.92 Å². The second-order valence-corrected chi connectivity index (χ2v) is 5.91. The van der Waals surface area contributed by atoms with Gasteiger partial charge in [0, 0.05) is 13.0 Å². The summed E-state index contributed by atoms with van der Waals surface area (Å²) in [5.41, 5.74) is 0.976. The largest absolute Gasteiger partial charge is 0.455 e. The predicted octanol–water partition coefficient (Wildman–Crippen LogP) is 1.41. The number of amides is 3. The fourth-order valence-corrected chi connectivity index (χ4v) is 2.75. The van der Waals surface area contributed by atoms with E-state index in [0.717, 1.165) is 5.56 Å². The molecule has 0 radical (unpaired) electrons. The van der Waals surface area contributed by atoms with Crippen molar-refractivity contribution in [2.24, 2.45) is 5.92 Å². The third-order valence-corrected chi connectivity index (χ3v) is 4.10. The van der Waals surface area contributed by atoms with Gasteiger partial charge in [0.25, 0.3) is 5.91 Å². The van der Waals surface area contributed by atoms with Crippen LogP contribution in [0.2, 0.25) is 0 Å². The highest BCUT2D eigenvalue weighted by molar-refractivity contribution is 5.94. The van der Waals surface area contributed by atoms with Crippen molar-refractivity contribution in [3.05, 3.63) is 35.9 Å². The number of carbonyl (C=O) groups excluding carboxylic acids is 4. The quantitative estimate of drug-likeness (QED) is 0.768. The van der Waals surface area contributed by atoms with Crippen LogP contribution in [0.3, 0.4) is 0 Å². The van der Waals surface area contributed by atoms with Crippen molar-refractivity contribution in [3.63, 3.8) is 0 Å². The minimum Gasteiger partial charge on any atom is -0.455 e. The molecule has 1 saturated heterocycles. The van der Waals surface area contributed by atoms with E-state index in [1.165, 1.54) is 0 Å². The Morgan fingerprint density at radius 2 is 1.92 bits per heavy atom. The van der Waals surface area contributed by atoms with Gasteiger partial charge in [-0.25, -0.2) is 4.79 Å². The number of hydrogen-bond acceptors (Lipinski definition) is 6. The molecule has 1 aliphatic rings. The van der Waals surface area contributed by atoms with Gasteiger partial charge in [0.05, 0.1) is 18.6 Å². The Morgan fingerprint density at radius 1 is 1.23 bits per heavy atom. The number of alkyl carbamates (subject to hydrolysis) is 1. The van der Waals surface area contributed by atoms with Crippen molar-refractivity contribution in [3.8, 4) is 0 Å². The van der Waals surface area contributed by atoms with Crippen LogP contribution in [-0.4, -0.2) is 48.5 Å². The molecule has 2 rings (SSSR count). The van der Waals surface area contributed by atoms with Gasteiger partial charge in [0.2, 0.25) is 5.91 Å². The summed E-state index contributed by atoms with van der Waals surface area (Å²) in [6.07, 6.45) is -0.859. The number of likely N-dealkylation sites (tertiary alicyclic amines) is 1. The fraction of sp³-hybridized carbons (Fsp3) is 0.444. The van der Waals surface area contributed by atoms with Gasteiger partial charge in [-0.3, -0.25) is 19.7 Å². The first-order chi connectivity index (χ1) is 12.4. The Kier molecular flexibility index (Phi) is 6.71. The molecule has 26 heavy (non-hydrogen) atoms. The highest BCUT2D eigenvalue weighted by Gasteiger charge is 2.38. The minimum absolute atomic E-state index is 0.0372. The molecular formula is C18H22N2O6. The molecule has 2 atom stereocenters. The second kappa shape index (κ2) is 8.98. The number of benzene rings is 1. The summed E-state index contributed by atoms with van der Waals surface area (Å²) in [5.74, 6) is -2.20. The van der Waals surface area contributed by atoms with Gasteiger partial charge in [-0.2, -0.15) is 0 Å². The van der Waals surface area contributed by atoms with Crippen molar-refractivity contribution < 1.29 is 28.7 Å². The van der Waals surface area contributed by atoms with E-state index in [0.29, 0.717) is 0 Å². The molecule has 0 bridgehead atoms. The molecule has 140 valence electrons. The van der Waals surface area contributed by atoms with E-state index < -0.39 is 30.5 Å². The van der Waals surface area contributed by atoms with Crippen molar-refractivity contribution >= 4 is 23.9 Å². The first-order valence-corrected chi connectivity index (χ1v) is 8.40. The van der Waals surface area contributed by atoms with Gasteiger partial charge < -0.3 is 14.4 Å². The normalized spacial score (nSPS) is 17.5. The maximum absolute atomic E-state index is 12.2. The van der Waals surface area contributed by atoms with Crippen LogP contribution >= 0.6 is 0 Å². The molecule has 8 nitrogen and oxygen atoms in total. The molecular weight excluding hydrogens is 340 g/mol. The molecule has 1 N–H and O–H groups in total. The average molecular weight is 362 g/mol. The topological polar surface area (TPSA) is 102 Å². The van der Waals surface area contributed by atoms with Crippen LogP contribution in [0.15, 0.2) is 30.3 Å². The molecule has 0 aromatic heterocycles. The van der Waals surface area contributed by atoms with Crippen molar-refractivity contribution in [2.75, 3.05) is 19.8 Å². The van der Waals surface area contributed by atoms with E-state index in [4.69, 9.17) is 4.74 Å². The zero-order valence-corrected chi connectivity index (χ0v) is 14.8. The lowest BCUT2D eigenvalue weighted by Crippen LogP contribution is -2.35. The maximum atomic E-state index is 12.2. The molecule has 0 saturated carbocycles. The smallest absolute Gasteiger partial charge is 0.413 e. The van der Waals surface area contributed by atoms with E-state index >= 15 is 0 Å². The predicted molar refractivity (Wildman–Crippen MR) is 90.8 cm³/mol. The number of nitrogens with zero attached hydrogens (tertiary/aromatic N) is 1. The number of ether oxygens (including phenoxy) is 2. The number of rotatable bonds is 6. The number of carbonyl (C=O) groups is 4.